The minimum Gasteiger partial charge on any atom is -0.497 e. The van der Waals surface area contributed by atoms with Crippen LogP contribution in [0.25, 0.3) is 39.1 Å². The maximum Gasteiger partial charge on any atom is 0.189 e. The second-order valence-electron chi connectivity index (χ2n) is 6.54. The first-order valence-electron chi connectivity index (χ1n) is 9.21. The largest absolute Gasteiger partial charge is 0.497 e. The van der Waals surface area contributed by atoms with Crippen molar-refractivity contribution in [3.8, 4) is 34.0 Å². The fourth-order valence-corrected chi connectivity index (χ4v) is 3.48. The molecule has 0 aliphatic rings. The number of hydrogen-bond acceptors (Lipinski definition) is 5. The summed E-state index contributed by atoms with van der Waals surface area (Å²) in [4.78, 5) is 4.66. The van der Waals surface area contributed by atoms with E-state index in [0.29, 0.717) is 5.82 Å². The van der Waals surface area contributed by atoms with Crippen molar-refractivity contribution in [1.82, 2.24) is 25.2 Å². The topological polar surface area (TPSA) is 65.7 Å². The van der Waals surface area contributed by atoms with Gasteiger partial charge in [0, 0.05) is 22.7 Å². The lowest BCUT2D eigenvalue weighted by Crippen LogP contribution is -2.01. The molecule has 5 aromatic rings. The summed E-state index contributed by atoms with van der Waals surface area (Å²) in [6.45, 7) is 0. The fraction of sp³-hybridized carbons (Fsp3) is 0.0435. The fourth-order valence-electron chi connectivity index (χ4n) is 3.48. The van der Waals surface area contributed by atoms with Crippen LogP contribution in [0.2, 0.25) is 0 Å². The number of pyridine rings is 1. The standard InChI is InChI=1S/C23H17N5O/c1-29-18-13-11-17(12-14-18)28-23(25-26-27-28)20-15-24-21-10-6-5-9-19(21)22(20)16-7-3-2-4-8-16/h2-15H,1H3. The van der Waals surface area contributed by atoms with Crippen molar-refractivity contribution >= 4 is 10.9 Å². The molecule has 0 saturated heterocycles. The lowest BCUT2D eigenvalue weighted by molar-refractivity contribution is 0.414. The maximum absolute atomic E-state index is 5.26. The smallest absolute Gasteiger partial charge is 0.189 e. The molecule has 0 fully saturated rings. The molecule has 2 aromatic heterocycles. The molecule has 0 radical (unpaired) electrons. The van der Waals surface area contributed by atoms with Gasteiger partial charge in [-0.25, -0.2) is 0 Å². The molecule has 0 unspecified atom stereocenters. The number of benzene rings is 3. The number of methoxy groups -OCH3 is 1. The van der Waals surface area contributed by atoms with Crippen molar-refractivity contribution < 1.29 is 4.74 Å². The third-order valence-corrected chi connectivity index (χ3v) is 4.87. The van der Waals surface area contributed by atoms with Crippen LogP contribution in [0, 0.1) is 0 Å². The summed E-state index contributed by atoms with van der Waals surface area (Å²) in [5.74, 6) is 1.41. The lowest BCUT2D eigenvalue weighted by atomic mass is 9.96. The van der Waals surface area contributed by atoms with E-state index in [1.165, 1.54) is 0 Å². The Kier molecular flexibility index (Phi) is 4.22. The van der Waals surface area contributed by atoms with Crippen LogP contribution in [0.5, 0.6) is 5.75 Å². The lowest BCUT2D eigenvalue weighted by Gasteiger charge is -2.13. The van der Waals surface area contributed by atoms with Crippen molar-refractivity contribution in [2.45, 2.75) is 0 Å². The SMILES string of the molecule is COc1ccc(-n2nnnc2-c2cnc3ccccc3c2-c2ccccc2)cc1. The van der Waals surface area contributed by atoms with Crippen LogP contribution in [0.4, 0.5) is 0 Å². The molecule has 29 heavy (non-hydrogen) atoms. The summed E-state index contributed by atoms with van der Waals surface area (Å²) in [5.41, 5.74) is 4.79. The monoisotopic (exact) mass is 379 g/mol. The van der Waals surface area contributed by atoms with E-state index in [4.69, 9.17) is 4.74 Å². The molecule has 0 saturated carbocycles. The first-order chi connectivity index (χ1) is 14.3. The van der Waals surface area contributed by atoms with Gasteiger partial charge >= 0.3 is 0 Å². The molecule has 0 aliphatic heterocycles. The number of fused-ring (bicyclic) bond motifs is 1. The van der Waals surface area contributed by atoms with E-state index in [9.17, 15) is 0 Å². The summed E-state index contributed by atoms with van der Waals surface area (Å²) in [7, 11) is 1.64. The molecule has 0 spiro atoms. The van der Waals surface area contributed by atoms with Gasteiger partial charge in [-0.1, -0.05) is 48.5 Å². The molecule has 6 nitrogen and oxygen atoms in total. The van der Waals surface area contributed by atoms with Crippen molar-refractivity contribution in [3.05, 3.63) is 85.1 Å². The first-order valence-corrected chi connectivity index (χ1v) is 9.21. The molecular weight excluding hydrogens is 362 g/mol. The highest BCUT2D eigenvalue weighted by Crippen LogP contribution is 2.36. The molecule has 0 bridgehead atoms. The molecular formula is C23H17N5O. The minimum atomic E-state index is 0.632. The Balaban J connectivity index is 1.76. The summed E-state index contributed by atoms with van der Waals surface area (Å²) >= 11 is 0. The number of tetrazole rings is 1. The quantitative estimate of drug-likeness (QED) is 0.458. The van der Waals surface area contributed by atoms with Crippen LogP contribution in [0.15, 0.2) is 85.1 Å². The number of para-hydroxylation sites is 1. The van der Waals surface area contributed by atoms with Crippen LogP contribution >= 0.6 is 0 Å². The van der Waals surface area contributed by atoms with E-state index in [2.05, 4.69) is 38.7 Å². The van der Waals surface area contributed by atoms with Crippen molar-refractivity contribution in [1.29, 1.82) is 0 Å². The Hall–Kier alpha value is -4.06. The zero-order valence-corrected chi connectivity index (χ0v) is 15.7. The Bertz CT molecular complexity index is 1280. The molecule has 140 valence electrons. The van der Waals surface area contributed by atoms with Gasteiger partial charge in [0.15, 0.2) is 5.82 Å². The van der Waals surface area contributed by atoms with Gasteiger partial charge in [-0.05, 0) is 46.3 Å². The molecule has 0 amide bonds. The normalized spacial score (nSPS) is 10.9. The Labute approximate surface area is 167 Å². The molecule has 3 aromatic carbocycles. The molecule has 0 atom stereocenters. The predicted octanol–water partition coefficient (Wildman–Crippen LogP) is 4.55. The highest BCUT2D eigenvalue weighted by molar-refractivity contribution is 6.01. The Morgan fingerprint density at radius 1 is 0.828 bits per heavy atom. The Morgan fingerprint density at radius 2 is 1.59 bits per heavy atom. The third-order valence-electron chi connectivity index (χ3n) is 4.87. The highest BCUT2D eigenvalue weighted by Gasteiger charge is 2.18. The van der Waals surface area contributed by atoms with Crippen LogP contribution in [0.1, 0.15) is 0 Å². The summed E-state index contributed by atoms with van der Waals surface area (Å²) in [5, 5.41) is 13.5. The van der Waals surface area contributed by atoms with Gasteiger partial charge in [0.2, 0.25) is 0 Å². The number of hydrogen-bond donors (Lipinski definition) is 0. The molecule has 0 aliphatic carbocycles. The van der Waals surface area contributed by atoms with Gasteiger partial charge in [-0.15, -0.1) is 5.10 Å². The summed E-state index contributed by atoms with van der Waals surface area (Å²) in [6.07, 6.45) is 1.84. The number of aromatic nitrogens is 5. The van der Waals surface area contributed by atoms with Crippen LogP contribution < -0.4 is 4.74 Å². The van der Waals surface area contributed by atoms with E-state index < -0.39 is 0 Å². The van der Waals surface area contributed by atoms with E-state index in [1.807, 2.05) is 66.9 Å². The second kappa shape index (κ2) is 7.16. The average Bonchev–Trinajstić information content (AvgIpc) is 3.28. The van der Waals surface area contributed by atoms with Crippen molar-refractivity contribution in [2.75, 3.05) is 7.11 Å². The average molecular weight is 379 g/mol. The molecule has 6 heteroatoms. The van der Waals surface area contributed by atoms with E-state index >= 15 is 0 Å². The van der Waals surface area contributed by atoms with E-state index in [1.54, 1.807) is 11.8 Å². The van der Waals surface area contributed by atoms with Gasteiger partial charge in [0.25, 0.3) is 0 Å². The van der Waals surface area contributed by atoms with Gasteiger partial charge in [0.1, 0.15) is 5.75 Å². The van der Waals surface area contributed by atoms with Crippen LogP contribution in [0.3, 0.4) is 0 Å². The van der Waals surface area contributed by atoms with E-state index in [0.717, 1.165) is 39.0 Å². The third kappa shape index (κ3) is 3.00. The van der Waals surface area contributed by atoms with Gasteiger partial charge in [-0.2, -0.15) is 4.68 Å². The first kappa shape index (κ1) is 17.1. The number of nitrogens with zero attached hydrogens (tertiary/aromatic N) is 5. The zero-order valence-electron chi connectivity index (χ0n) is 15.7. The van der Waals surface area contributed by atoms with E-state index in [-0.39, 0.29) is 0 Å². The molecule has 2 heterocycles. The van der Waals surface area contributed by atoms with Gasteiger partial charge < -0.3 is 4.74 Å². The number of ether oxygens (including phenoxy) is 1. The van der Waals surface area contributed by atoms with Crippen molar-refractivity contribution in [2.24, 2.45) is 0 Å². The van der Waals surface area contributed by atoms with Crippen molar-refractivity contribution in [3.63, 3.8) is 0 Å². The highest BCUT2D eigenvalue weighted by atomic mass is 16.5. The zero-order chi connectivity index (χ0) is 19.6. The molecule has 5 rings (SSSR count). The van der Waals surface area contributed by atoms with Gasteiger partial charge in [-0.3, -0.25) is 4.98 Å². The Morgan fingerprint density at radius 3 is 2.38 bits per heavy atom. The second-order valence-corrected chi connectivity index (χ2v) is 6.54. The summed E-state index contributed by atoms with van der Waals surface area (Å²) in [6, 6.07) is 26.0. The number of rotatable bonds is 4. The van der Waals surface area contributed by atoms with Gasteiger partial charge in [0.05, 0.1) is 18.3 Å². The maximum atomic E-state index is 5.26. The van der Waals surface area contributed by atoms with Crippen LogP contribution in [-0.4, -0.2) is 32.3 Å². The molecule has 0 N–H and O–H groups in total. The summed E-state index contributed by atoms with van der Waals surface area (Å²) < 4.78 is 6.98. The van der Waals surface area contributed by atoms with Crippen LogP contribution in [-0.2, 0) is 0 Å². The predicted molar refractivity (Wildman–Crippen MR) is 112 cm³/mol. The minimum absolute atomic E-state index is 0.632.